The summed E-state index contributed by atoms with van der Waals surface area (Å²) in [4.78, 5) is 40.9. The molecule has 1 aliphatic heterocycles. The fourth-order valence-corrected chi connectivity index (χ4v) is 4.19. The Balaban J connectivity index is 2.79. The van der Waals surface area contributed by atoms with Crippen LogP contribution in [0.3, 0.4) is 0 Å². The lowest BCUT2D eigenvalue weighted by Gasteiger charge is -2.28. The molecule has 5 N–H and O–H groups in total. The van der Waals surface area contributed by atoms with E-state index in [4.69, 9.17) is 5.11 Å². The number of aliphatic carboxylic acids is 2. The minimum atomic E-state index is -5.05. The van der Waals surface area contributed by atoms with E-state index in [9.17, 15) is 29.0 Å². The van der Waals surface area contributed by atoms with E-state index in [1.807, 2.05) is 6.92 Å². The first-order chi connectivity index (χ1) is 10.5. The maximum atomic E-state index is 11.4. The highest BCUT2D eigenvalue weighted by atomic mass is 31.2. The van der Waals surface area contributed by atoms with Crippen LogP contribution in [0.5, 0.6) is 0 Å². The first-order valence-electron chi connectivity index (χ1n) is 7.78. The average molecular weight is 351 g/mol. The second kappa shape index (κ2) is 8.24. The van der Waals surface area contributed by atoms with Crippen LogP contribution in [-0.2, 0) is 14.2 Å². The molecule has 134 valence electrons. The van der Waals surface area contributed by atoms with E-state index in [0.717, 1.165) is 25.8 Å². The molecular weight excluding hydrogens is 325 g/mol. The van der Waals surface area contributed by atoms with Crippen molar-refractivity contribution in [2.75, 3.05) is 6.54 Å². The van der Waals surface area contributed by atoms with E-state index in [-0.39, 0.29) is 18.3 Å². The molecule has 0 spiro atoms. The van der Waals surface area contributed by atoms with E-state index < -0.39 is 31.1 Å². The van der Waals surface area contributed by atoms with Gasteiger partial charge in [0.1, 0.15) is 0 Å². The Labute approximate surface area is 135 Å². The van der Waals surface area contributed by atoms with E-state index in [2.05, 4.69) is 5.32 Å². The fourth-order valence-electron chi connectivity index (χ4n) is 3.19. The van der Waals surface area contributed by atoms with E-state index in [0.29, 0.717) is 6.04 Å². The average Bonchev–Trinajstić information content (AvgIpc) is 2.88. The monoisotopic (exact) mass is 351 g/mol. The van der Waals surface area contributed by atoms with E-state index in [1.165, 1.54) is 0 Å². The summed E-state index contributed by atoms with van der Waals surface area (Å²) in [6.07, 6.45) is 2.91. The predicted molar refractivity (Wildman–Crippen MR) is 83.2 cm³/mol. The Hall–Kier alpha value is -0.950. The van der Waals surface area contributed by atoms with Gasteiger partial charge in [-0.05, 0) is 44.1 Å². The Morgan fingerprint density at radius 1 is 1.17 bits per heavy atom. The molecule has 0 aliphatic carbocycles. The molecule has 0 amide bonds. The Kier molecular flexibility index (Phi) is 7.20. The Bertz CT molecular complexity index is 472. The van der Waals surface area contributed by atoms with Crippen molar-refractivity contribution in [1.82, 2.24) is 5.32 Å². The lowest BCUT2D eigenvalue weighted by molar-refractivity contribution is -0.149. The van der Waals surface area contributed by atoms with Gasteiger partial charge in [-0.2, -0.15) is 0 Å². The lowest BCUT2D eigenvalue weighted by Crippen LogP contribution is -2.37. The smallest absolute Gasteiger partial charge is 0.340 e. The molecule has 1 rings (SSSR count). The highest BCUT2D eigenvalue weighted by Gasteiger charge is 2.46. The molecule has 0 aromatic carbocycles. The van der Waals surface area contributed by atoms with Gasteiger partial charge in [0.25, 0.3) is 0 Å². The molecule has 23 heavy (non-hydrogen) atoms. The van der Waals surface area contributed by atoms with Gasteiger partial charge >= 0.3 is 19.5 Å². The summed E-state index contributed by atoms with van der Waals surface area (Å²) in [6.45, 7) is 4.72. The van der Waals surface area contributed by atoms with E-state index >= 15 is 0 Å². The number of rotatable bonds is 9. The van der Waals surface area contributed by atoms with Gasteiger partial charge in [-0.3, -0.25) is 14.2 Å². The zero-order chi connectivity index (χ0) is 17.8. The molecule has 1 saturated heterocycles. The van der Waals surface area contributed by atoms with Gasteiger partial charge in [0.2, 0.25) is 0 Å². The molecule has 1 fully saturated rings. The molecule has 9 heteroatoms. The second-order valence-electron chi connectivity index (χ2n) is 6.54. The summed E-state index contributed by atoms with van der Waals surface area (Å²) in [6, 6.07) is 0.368. The van der Waals surface area contributed by atoms with Crippen LogP contribution >= 0.6 is 7.60 Å². The van der Waals surface area contributed by atoms with Crippen molar-refractivity contribution < 1.29 is 34.2 Å². The molecule has 0 radical (unpaired) electrons. The highest BCUT2D eigenvalue weighted by Crippen LogP contribution is 2.47. The topological polar surface area (TPSA) is 144 Å². The molecule has 5 unspecified atom stereocenters. The van der Waals surface area contributed by atoms with Crippen LogP contribution in [0.25, 0.3) is 0 Å². The molecular formula is C14H26NO7P. The largest absolute Gasteiger partial charge is 0.481 e. The molecule has 0 aromatic rings. The van der Waals surface area contributed by atoms with Crippen molar-refractivity contribution in [2.45, 2.75) is 51.2 Å². The number of carbonyl (C=O) groups is 2. The molecule has 0 aromatic heterocycles. The molecule has 0 bridgehead atoms. The van der Waals surface area contributed by atoms with Crippen molar-refractivity contribution in [2.24, 2.45) is 17.8 Å². The summed E-state index contributed by atoms with van der Waals surface area (Å²) in [5.41, 5.74) is -2.21. The van der Waals surface area contributed by atoms with Crippen LogP contribution in [0.1, 0.15) is 39.5 Å². The normalized spacial score (nSPS) is 23.9. The SMILES string of the molecule is CC(CC1CCCN1)C(C)CC(C(=O)O)C(C(=O)O)P(=O)(O)O. The second-order valence-corrected chi connectivity index (χ2v) is 8.27. The highest BCUT2D eigenvalue weighted by molar-refractivity contribution is 7.53. The maximum Gasteiger partial charge on any atom is 0.340 e. The van der Waals surface area contributed by atoms with Crippen LogP contribution in [0.15, 0.2) is 0 Å². The molecule has 1 heterocycles. The third-order valence-corrected chi connectivity index (χ3v) is 6.04. The van der Waals surface area contributed by atoms with Crippen LogP contribution in [0.4, 0.5) is 0 Å². The maximum absolute atomic E-state index is 11.4. The van der Waals surface area contributed by atoms with Crippen LogP contribution < -0.4 is 5.32 Å². The van der Waals surface area contributed by atoms with Crippen molar-refractivity contribution in [3.8, 4) is 0 Å². The number of hydrogen-bond donors (Lipinski definition) is 5. The van der Waals surface area contributed by atoms with E-state index in [1.54, 1.807) is 6.92 Å². The molecule has 5 atom stereocenters. The van der Waals surface area contributed by atoms with Gasteiger partial charge in [-0.15, -0.1) is 0 Å². The molecule has 1 aliphatic rings. The van der Waals surface area contributed by atoms with Gasteiger partial charge in [-0.25, -0.2) is 0 Å². The van der Waals surface area contributed by atoms with Crippen LogP contribution in [-0.4, -0.2) is 50.2 Å². The number of carboxylic acids is 2. The van der Waals surface area contributed by atoms with Crippen LogP contribution in [0.2, 0.25) is 0 Å². The van der Waals surface area contributed by atoms with Gasteiger partial charge in [0, 0.05) is 6.04 Å². The third-order valence-electron chi connectivity index (χ3n) is 4.73. The minimum absolute atomic E-state index is 0.0781. The van der Waals surface area contributed by atoms with Crippen LogP contribution in [0, 0.1) is 17.8 Å². The quantitative estimate of drug-likeness (QED) is 0.389. The molecule has 0 saturated carbocycles. The Morgan fingerprint density at radius 2 is 1.78 bits per heavy atom. The standard InChI is InChI=1S/C14H26NO7P/c1-8(6-10-4-3-5-15-10)9(2)7-11(13(16)17)12(14(18)19)23(20,21)22/h8-12,15H,3-7H2,1-2H3,(H,16,17)(H,18,19)(H2,20,21,22). The zero-order valence-electron chi connectivity index (χ0n) is 13.4. The first kappa shape index (κ1) is 20.1. The minimum Gasteiger partial charge on any atom is -0.481 e. The Morgan fingerprint density at radius 3 is 2.17 bits per heavy atom. The lowest BCUT2D eigenvalue weighted by atomic mass is 9.82. The predicted octanol–water partition coefficient (Wildman–Crippen LogP) is 1.12. The number of hydrogen-bond acceptors (Lipinski definition) is 4. The van der Waals surface area contributed by atoms with Gasteiger partial charge < -0.3 is 25.3 Å². The van der Waals surface area contributed by atoms with Crippen molar-refractivity contribution in [1.29, 1.82) is 0 Å². The summed E-state index contributed by atoms with van der Waals surface area (Å²) < 4.78 is 11.4. The first-order valence-corrected chi connectivity index (χ1v) is 9.46. The zero-order valence-corrected chi connectivity index (χ0v) is 14.3. The third kappa shape index (κ3) is 5.88. The summed E-state index contributed by atoms with van der Waals surface area (Å²) >= 11 is 0. The molecule has 8 nitrogen and oxygen atoms in total. The van der Waals surface area contributed by atoms with Crippen molar-refractivity contribution in [3.05, 3.63) is 0 Å². The summed E-state index contributed by atoms with van der Waals surface area (Å²) in [5.74, 6) is -4.91. The van der Waals surface area contributed by atoms with Crippen molar-refractivity contribution in [3.63, 3.8) is 0 Å². The van der Waals surface area contributed by atoms with Crippen molar-refractivity contribution >= 4 is 19.5 Å². The number of nitrogens with one attached hydrogen (secondary N) is 1. The fraction of sp³-hybridized carbons (Fsp3) is 0.857. The van der Waals surface area contributed by atoms with Gasteiger partial charge in [-0.1, -0.05) is 13.8 Å². The number of carboxylic acid groups (broad SMARTS) is 2. The van der Waals surface area contributed by atoms with Gasteiger partial charge in [0.15, 0.2) is 5.66 Å². The summed E-state index contributed by atoms with van der Waals surface area (Å²) in [5, 5.41) is 21.6. The van der Waals surface area contributed by atoms with Gasteiger partial charge in [0.05, 0.1) is 5.92 Å². The summed E-state index contributed by atoms with van der Waals surface area (Å²) in [7, 11) is -5.05.